The summed E-state index contributed by atoms with van der Waals surface area (Å²) < 4.78 is 0. The fourth-order valence-corrected chi connectivity index (χ4v) is 3.96. The first kappa shape index (κ1) is 19.2. The van der Waals surface area contributed by atoms with Crippen molar-refractivity contribution in [2.24, 2.45) is 0 Å². The van der Waals surface area contributed by atoms with E-state index in [1.54, 1.807) is 11.8 Å². The lowest BCUT2D eigenvalue weighted by molar-refractivity contribution is -0.144. The second kappa shape index (κ2) is 8.41. The lowest BCUT2D eigenvalue weighted by atomic mass is 10.1. The van der Waals surface area contributed by atoms with Crippen molar-refractivity contribution in [3.8, 4) is 0 Å². The maximum absolute atomic E-state index is 12.9. The Bertz CT molecular complexity index is 688. The van der Waals surface area contributed by atoms with Crippen molar-refractivity contribution in [2.75, 3.05) is 19.6 Å². The maximum Gasteiger partial charge on any atom is 0.408 e. The number of likely N-dealkylation sites (tertiary alicyclic amines) is 2. The van der Waals surface area contributed by atoms with Gasteiger partial charge in [-0.2, -0.15) is 0 Å². The summed E-state index contributed by atoms with van der Waals surface area (Å²) in [7, 11) is 0. The Morgan fingerprint density at radius 2 is 1.81 bits per heavy atom. The summed E-state index contributed by atoms with van der Waals surface area (Å²) in [5, 5.41) is 9.63. The number of carboxylic acid groups (broad SMARTS) is 1. The van der Waals surface area contributed by atoms with Gasteiger partial charge in [0.25, 0.3) is 0 Å². The molecule has 1 N–H and O–H groups in total. The average Bonchev–Trinajstić information content (AvgIpc) is 3.07. The standard InChI is InChI=1S/C20H27N3O4/c1-15(18(24)21-11-6-3-7-12-21)22-13-10-17(19(22)25)23(20(26)27)14-16-8-4-2-5-9-16/h2,4-5,8-9,15,17H,3,6-7,10-14H2,1H3,(H,26,27)/t15-,17+/m1/s1. The molecule has 146 valence electrons. The second-order valence-electron chi connectivity index (χ2n) is 7.29. The predicted molar refractivity (Wildman–Crippen MR) is 100 cm³/mol. The Labute approximate surface area is 159 Å². The summed E-state index contributed by atoms with van der Waals surface area (Å²) in [5.41, 5.74) is 0.837. The van der Waals surface area contributed by atoms with Crippen LogP contribution in [0.1, 0.15) is 38.2 Å². The van der Waals surface area contributed by atoms with Crippen LogP contribution in [0.3, 0.4) is 0 Å². The molecule has 0 radical (unpaired) electrons. The van der Waals surface area contributed by atoms with E-state index in [9.17, 15) is 19.5 Å². The molecule has 0 aromatic heterocycles. The summed E-state index contributed by atoms with van der Waals surface area (Å²) >= 11 is 0. The number of piperidine rings is 1. The Balaban J connectivity index is 1.68. The third-order valence-corrected chi connectivity index (χ3v) is 5.52. The van der Waals surface area contributed by atoms with Crippen molar-refractivity contribution in [1.82, 2.24) is 14.7 Å². The molecule has 0 spiro atoms. The normalized spacial score (nSPS) is 21.2. The van der Waals surface area contributed by atoms with E-state index in [4.69, 9.17) is 0 Å². The molecule has 7 heteroatoms. The Hall–Kier alpha value is -2.57. The van der Waals surface area contributed by atoms with Crippen LogP contribution in [0.4, 0.5) is 4.79 Å². The Morgan fingerprint density at radius 1 is 1.15 bits per heavy atom. The van der Waals surface area contributed by atoms with Gasteiger partial charge in [0, 0.05) is 26.2 Å². The van der Waals surface area contributed by atoms with Crippen LogP contribution in [0, 0.1) is 0 Å². The zero-order valence-electron chi connectivity index (χ0n) is 15.7. The third kappa shape index (κ3) is 4.23. The summed E-state index contributed by atoms with van der Waals surface area (Å²) in [6, 6.07) is 7.96. The van der Waals surface area contributed by atoms with Crippen LogP contribution >= 0.6 is 0 Å². The molecular weight excluding hydrogens is 346 g/mol. The van der Waals surface area contributed by atoms with E-state index in [0.717, 1.165) is 37.9 Å². The van der Waals surface area contributed by atoms with Crippen LogP contribution in [-0.4, -0.2) is 69.4 Å². The van der Waals surface area contributed by atoms with Gasteiger partial charge >= 0.3 is 6.09 Å². The van der Waals surface area contributed by atoms with E-state index < -0.39 is 18.2 Å². The fourth-order valence-electron chi connectivity index (χ4n) is 3.96. The topological polar surface area (TPSA) is 81.2 Å². The minimum absolute atomic E-state index is 0.0337. The molecule has 1 aromatic carbocycles. The molecule has 1 aromatic rings. The molecule has 2 fully saturated rings. The number of carbonyl (C=O) groups excluding carboxylic acids is 2. The number of nitrogens with zero attached hydrogens (tertiary/aromatic N) is 3. The molecule has 2 aliphatic rings. The van der Waals surface area contributed by atoms with Gasteiger partial charge in [0.1, 0.15) is 12.1 Å². The molecule has 2 heterocycles. The first-order valence-electron chi connectivity index (χ1n) is 9.62. The molecule has 2 atom stereocenters. The molecule has 0 bridgehead atoms. The lowest BCUT2D eigenvalue weighted by Gasteiger charge is -2.33. The van der Waals surface area contributed by atoms with Crippen molar-refractivity contribution < 1.29 is 19.5 Å². The second-order valence-corrected chi connectivity index (χ2v) is 7.29. The van der Waals surface area contributed by atoms with E-state index in [1.165, 1.54) is 4.90 Å². The number of amides is 3. The number of hydrogen-bond acceptors (Lipinski definition) is 3. The third-order valence-electron chi connectivity index (χ3n) is 5.52. The SMILES string of the molecule is C[C@H](C(=O)N1CCCCC1)N1CC[C@H](N(Cc2ccccc2)C(=O)O)C1=O. The number of benzene rings is 1. The summed E-state index contributed by atoms with van der Waals surface area (Å²) in [6.07, 6.45) is 2.43. The van der Waals surface area contributed by atoms with Crippen LogP contribution in [0.25, 0.3) is 0 Å². The Morgan fingerprint density at radius 3 is 2.44 bits per heavy atom. The first-order valence-corrected chi connectivity index (χ1v) is 9.62. The monoisotopic (exact) mass is 373 g/mol. The minimum Gasteiger partial charge on any atom is -0.465 e. The zero-order valence-corrected chi connectivity index (χ0v) is 15.7. The van der Waals surface area contributed by atoms with E-state index in [-0.39, 0.29) is 18.4 Å². The molecule has 27 heavy (non-hydrogen) atoms. The van der Waals surface area contributed by atoms with Crippen LogP contribution in [-0.2, 0) is 16.1 Å². The number of rotatable bonds is 5. The van der Waals surface area contributed by atoms with E-state index in [2.05, 4.69) is 0 Å². The smallest absolute Gasteiger partial charge is 0.408 e. The zero-order chi connectivity index (χ0) is 19.4. The first-order chi connectivity index (χ1) is 13.0. The van der Waals surface area contributed by atoms with Crippen molar-refractivity contribution in [2.45, 2.75) is 51.2 Å². The van der Waals surface area contributed by atoms with Crippen LogP contribution in [0.5, 0.6) is 0 Å². The highest BCUT2D eigenvalue weighted by Gasteiger charge is 2.42. The Kier molecular flexibility index (Phi) is 5.98. The van der Waals surface area contributed by atoms with E-state index in [0.29, 0.717) is 13.0 Å². The van der Waals surface area contributed by atoms with Crippen LogP contribution in [0.2, 0.25) is 0 Å². The molecule has 3 amide bonds. The van der Waals surface area contributed by atoms with Gasteiger partial charge < -0.3 is 14.9 Å². The number of hydrogen-bond donors (Lipinski definition) is 1. The molecule has 2 saturated heterocycles. The molecule has 3 rings (SSSR count). The quantitative estimate of drug-likeness (QED) is 0.858. The van der Waals surface area contributed by atoms with Gasteiger partial charge in [-0.05, 0) is 38.2 Å². The van der Waals surface area contributed by atoms with E-state index >= 15 is 0 Å². The lowest BCUT2D eigenvalue weighted by Crippen LogP contribution is -2.51. The highest BCUT2D eigenvalue weighted by Crippen LogP contribution is 2.23. The van der Waals surface area contributed by atoms with Gasteiger partial charge in [-0.15, -0.1) is 0 Å². The molecular formula is C20H27N3O4. The minimum atomic E-state index is -1.12. The fraction of sp³-hybridized carbons (Fsp3) is 0.550. The molecule has 2 aliphatic heterocycles. The predicted octanol–water partition coefficient (Wildman–Crippen LogP) is 2.17. The molecule has 0 aliphatic carbocycles. The maximum atomic E-state index is 12.9. The van der Waals surface area contributed by atoms with Gasteiger partial charge in [-0.1, -0.05) is 30.3 Å². The number of carbonyl (C=O) groups is 3. The van der Waals surface area contributed by atoms with Gasteiger partial charge in [-0.25, -0.2) is 4.79 Å². The van der Waals surface area contributed by atoms with Crippen molar-refractivity contribution in [3.05, 3.63) is 35.9 Å². The van der Waals surface area contributed by atoms with Gasteiger partial charge in [0.2, 0.25) is 11.8 Å². The molecule has 7 nitrogen and oxygen atoms in total. The molecule has 0 unspecified atom stereocenters. The van der Waals surface area contributed by atoms with Crippen molar-refractivity contribution in [1.29, 1.82) is 0 Å². The van der Waals surface area contributed by atoms with Crippen molar-refractivity contribution in [3.63, 3.8) is 0 Å². The summed E-state index contributed by atoms with van der Waals surface area (Å²) in [5.74, 6) is -0.306. The highest BCUT2D eigenvalue weighted by atomic mass is 16.4. The van der Waals surface area contributed by atoms with E-state index in [1.807, 2.05) is 35.2 Å². The average molecular weight is 373 g/mol. The van der Waals surface area contributed by atoms with Crippen LogP contribution in [0.15, 0.2) is 30.3 Å². The summed E-state index contributed by atoms with van der Waals surface area (Å²) in [6.45, 7) is 3.80. The van der Waals surface area contributed by atoms with Gasteiger partial charge in [-0.3, -0.25) is 14.5 Å². The van der Waals surface area contributed by atoms with Crippen molar-refractivity contribution >= 4 is 17.9 Å². The molecule has 0 saturated carbocycles. The van der Waals surface area contributed by atoms with Gasteiger partial charge in [0.05, 0.1) is 0 Å². The van der Waals surface area contributed by atoms with Gasteiger partial charge in [0.15, 0.2) is 0 Å². The largest absolute Gasteiger partial charge is 0.465 e. The van der Waals surface area contributed by atoms with Crippen LogP contribution < -0.4 is 0 Å². The summed E-state index contributed by atoms with van der Waals surface area (Å²) in [4.78, 5) is 42.0. The highest BCUT2D eigenvalue weighted by molar-refractivity contribution is 5.92.